The Bertz CT molecular complexity index is 394. The summed E-state index contributed by atoms with van der Waals surface area (Å²) in [5, 5.41) is 0. The van der Waals surface area contributed by atoms with Crippen LogP contribution in [0, 0.1) is 0 Å². The van der Waals surface area contributed by atoms with Crippen LogP contribution in [-0.2, 0) is 12.8 Å². The van der Waals surface area contributed by atoms with E-state index in [1.165, 1.54) is 18.4 Å². The first-order valence-electron chi connectivity index (χ1n) is 6.09. The van der Waals surface area contributed by atoms with Gasteiger partial charge < -0.3 is 10.5 Å². The van der Waals surface area contributed by atoms with Crippen LogP contribution in [0.4, 0.5) is 0 Å². The van der Waals surface area contributed by atoms with Crippen LogP contribution < -0.4 is 10.5 Å². The number of fused-ring (bicyclic) bond motifs is 1. The standard InChI is InChI=1S/C12H17N3O/c13-9-4-2-6-11(9)16-12-8-3-1-5-10(8)14-7-15-12/h7,9,11H,1-6,13H2. The van der Waals surface area contributed by atoms with Gasteiger partial charge >= 0.3 is 0 Å². The van der Waals surface area contributed by atoms with Crippen molar-refractivity contribution in [2.75, 3.05) is 0 Å². The Morgan fingerprint density at radius 3 is 2.94 bits per heavy atom. The summed E-state index contributed by atoms with van der Waals surface area (Å²) >= 11 is 0. The second kappa shape index (κ2) is 4.01. The van der Waals surface area contributed by atoms with E-state index in [4.69, 9.17) is 10.5 Å². The first-order valence-corrected chi connectivity index (χ1v) is 6.09. The third-order valence-electron chi connectivity index (χ3n) is 3.60. The first-order chi connectivity index (χ1) is 7.84. The third-order valence-corrected chi connectivity index (χ3v) is 3.60. The van der Waals surface area contributed by atoms with E-state index in [9.17, 15) is 0 Å². The maximum Gasteiger partial charge on any atom is 0.220 e. The molecule has 1 heterocycles. The molecule has 2 aliphatic rings. The Labute approximate surface area is 95.2 Å². The molecule has 0 bridgehead atoms. The lowest BCUT2D eigenvalue weighted by Gasteiger charge is -2.18. The summed E-state index contributed by atoms with van der Waals surface area (Å²) in [5.41, 5.74) is 8.38. The second-order valence-electron chi connectivity index (χ2n) is 4.71. The van der Waals surface area contributed by atoms with Crippen LogP contribution >= 0.6 is 0 Å². The minimum atomic E-state index is 0.152. The molecule has 1 aromatic rings. The third kappa shape index (κ3) is 1.67. The van der Waals surface area contributed by atoms with E-state index in [0.29, 0.717) is 0 Å². The molecule has 86 valence electrons. The van der Waals surface area contributed by atoms with Crippen LogP contribution in [0.2, 0.25) is 0 Å². The quantitative estimate of drug-likeness (QED) is 0.812. The summed E-state index contributed by atoms with van der Waals surface area (Å²) < 4.78 is 5.95. The van der Waals surface area contributed by atoms with Gasteiger partial charge in [0.1, 0.15) is 12.4 Å². The maximum atomic E-state index is 6.00. The number of aromatic nitrogens is 2. The monoisotopic (exact) mass is 219 g/mol. The molecular weight excluding hydrogens is 202 g/mol. The number of ether oxygens (including phenoxy) is 1. The Morgan fingerprint density at radius 2 is 2.12 bits per heavy atom. The lowest BCUT2D eigenvalue weighted by atomic mass is 10.2. The van der Waals surface area contributed by atoms with Gasteiger partial charge in [0.25, 0.3) is 0 Å². The molecule has 4 heteroatoms. The van der Waals surface area contributed by atoms with E-state index in [2.05, 4.69) is 9.97 Å². The van der Waals surface area contributed by atoms with Crippen molar-refractivity contribution in [3.63, 3.8) is 0 Å². The normalized spacial score (nSPS) is 28.1. The summed E-state index contributed by atoms with van der Waals surface area (Å²) in [6, 6.07) is 0.173. The van der Waals surface area contributed by atoms with E-state index in [0.717, 1.165) is 37.3 Å². The highest BCUT2D eigenvalue weighted by Gasteiger charge is 2.28. The highest BCUT2D eigenvalue weighted by atomic mass is 16.5. The van der Waals surface area contributed by atoms with E-state index in [1.807, 2.05) is 0 Å². The molecule has 2 atom stereocenters. The summed E-state index contributed by atoms with van der Waals surface area (Å²) in [6.45, 7) is 0. The van der Waals surface area contributed by atoms with Crippen LogP contribution in [0.3, 0.4) is 0 Å². The zero-order valence-corrected chi connectivity index (χ0v) is 9.35. The van der Waals surface area contributed by atoms with Gasteiger partial charge in [-0.1, -0.05) is 0 Å². The van der Waals surface area contributed by atoms with Crippen molar-refractivity contribution < 1.29 is 4.74 Å². The molecule has 0 aromatic carbocycles. The van der Waals surface area contributed by atoms with Crippen molar-refractivity contribution >= 4 is 0 Å². The fourth-order valence-corrected chi connectivity index (χ4v) is 2.68. The number of hydrogen-bond acceptors (Lipinski definition) is 4. The van der Waals surface area contributed by atoms with E-state index in [1.54, 1.807) is 6.33 Å². The Morgan fingerprint density at radius 1 is 1.19 bits per heavy atom. The smallest absolute Gasteiger partial charge is 0.220 e. The molecule has 1 aromatic heterocycles. The first kappa shape index (κ1) is 10.0. The lowest BCUT2D eigenvalue weighted by Crippen LogP contribution is -2.34. The molecule has 2 unspecified atom stereocenters. The number of nitrogens with zero attached hydrogens (tertiary/aromatic N) is 2. The molecule has 2 N–H and O–H groups in total. The predicted octanol–water partition coefficient (Wildman–Crippen LogP) is 1.22. The minimum Gasteiger partial charge on any atom is -0.472 e. The Balaban J connectivity index is 1.82. The van der Waals surface area contributed by atoms with Gasteiger partial charge in [-0.2, -0.15) is 0 Å². The summed E-state index contributed by atoms with van der Waals surface area (Å²) in [6.07, 6.45) is 8.33. The Kier molecular flexibility index (Phi) is 2.52. The molecule has 0 radical (unpaired) electrons. The van der Waals surface area contributed by atoms with E-state index in [-0.39, 0.29) is 12.1 Å². The number of hydrogen-bond donors (Lipinski definition) is 1. The van der Waals surface area contributed by atoms with Crippen LogP contribution in [0.15, 0.2) is 6.33 Å². The molecule has 3 rings (SSSR count). The molecule has 1 saturated carbocycles. The zero-order chi connectivity index (χ0) is 11.0. The number of aryl methyl sites for hydroxylation is 1. The molecule has 16 heavy (non-hydrogen) atoms. The number of nitrogens with two attached hydrogens (primary N) is 1. The zero-order valence-electron chi connectivity index (χ0n) is 9.35. The summed E-state index contributed by atoms with van der Waals surface area (Å²) in [7, 11) is 0. The highest BCUT2D eigenvalue weighted by Crippen LogP contribution is 2.30. The topological polar surface area (TPSA) is 61.0 Å². The predicted molar refractivity (Wildman–Crippen MR) is 60.3 cm³/mol. The van der Waals surface area contributed by atoms with Crippen molar-refractivity contribution in [2.45, 2.75) is 50.7 Å². The lowest BCUT2D eigenvalue weighted by molar-refractivity contribution is 0.181. The number of rotatable bonds is 2. The highest BCUT2D eigenvalue weighted by molar-refractivity contribution is 5.33. The van der Waals surface area contributed by atoms with Gasteiger partial charge in [-0.3, -0.25) is 0 Å². The van der Waals surface area contributed by atoms with Gasteiger partial charge in [-0.25, -0.2) is 9.97 Å². The van der Waals surface area contributed by atoms with Crippen molar-refractivity contribution in [1.82, 2.24) is 9.97 Å². The largest absolute Gasteiger partial charge is 0.472 e. The maximum absolute atomic E-state index is 6.00. The fraction of sp³-hybridized carbons (Fsp3) is 0.667. The van der Waals surface area contributed by atoms with Gasteiger partial charge in [0.2, 0.25) is 5.88 Å². The summed E-state index contributed by atoms with van der Waals surface area (Å²) in [5.74, 6) is 0.782. The van der Waals surface area contributed by atoms with Crippen molar-refractivity contribution in [1.29, 1.82) is 0 Å². The molecular formula is C12H17N3O. The molecule has 4 nitrogen and oxygen atoms in total. The van der Waals surface area contributed by atoms with Crippen LogP contribution in [-0.4, -0.2) is 22.1 Å². The van der Waals surface area contributed by atoms with Crippen molar-refractivity contribution in [3.05, 3.63) is 17.6 Å². The average molecular weight is 219 g/mol. The van der Waals surface area contributed by atoms with Crippen molar-refractivity contribution in [2.24, 2.45) is 5.73 Å². The minimum absolute atomic E-state index is 0.152. The van der Waals surface area contributed by atoms with Gasteiger partial charge in [0.15, 0.2) is 0 Å². The molecule has 0 aliphatic heterocycles. The van der Waals surface area contributed by atoms with Gasteiger partial charge in [0, 0.05) is 11.6 Å². The van der Waals surface area contributed by atoms with Gasteiger partial charge in [-0.15, -0.1) is 0 Å². The van der Waals surface area contributed by atoms with E-state index < -0.39 is 0 Å². The van der Waals surface area contributed by atoms with Gasteiger partial charge in [-0.05, 0) is 38.5 Å². The Hall–Kier alpha value is -1.16. The molecule has 0 amide bonds. The molecule has 2 aliphatic carbocycles. The van der Waals surface area contributed by atoms with E-state index >= 15 is 0 Å². The SMILES string of the molecule is NC1CCCC1Oc1ncnc2c1CCC2. The van der Waals surface area contributed by atoms with Crippen LogP contribution in [0.5, 0.6) is 5.88 Å². The fourth-order valence-electron chi connectivity index (χ4n) is 2.68. The molecule has 0 saturated heterocycles. The summed E-state index contributed by atoms with van der Waals surface area (Å²) in [4.78, 5) is 8.55. The molecule has 1 fully saturated rings. The van der Waals surface area contributed by atoms with Gasteiger partial charge in [0.05, 0.1) is 5.69 Å². The average Bonchev–Trinajstić information content (AvgIpc) is 2.89. The van der Waals surface area contributed by atoms with Crippen molar-refractivity contribution in [3.8, 4) is 5.88 Å². The van der Waals surface area contributed by atoms with Crippen LogP contribution in [0.1, 0.15) is 36.9 Å². The molecule has 0 spiro atoms. The second-order valence-corrected chi connectivity index (χ2v) is 4.71. The van der Waals surface area contributed by atoms with Crippen LogP contribution in [0.25, 0.3) is 0 Å².